The van der Waals surface area contributed by atoms with E-state index in [1.807, 2.05) is 13.8 Å². The van der Waals surface area contributed by atoms with Gasteiger partial charge in [-0.2, -0.15) is 0 Å². The molecule has 6 nitrogen and oxygen atoms in total. The zero-order valence-corrected chi connectivity index (χ0v) is 17.5. The Morgan fingerprint density at radius 1 is 1.20 bits per heavy atom. The van der Waals surface area contributed by atoms with Crippen molar-refractivity contribution < 1.29 is 26.4 Å². The lowest BCUT2D eigenvalue weighted by molar-refractivity contribution is -0.116. The van der Waals surface area contributed by atoms with Crippen molar-refractivity contribution in [2.24, 2.45) is 0 Å². The molecule has 0 radical (unpaired) electrons. The highest BCUT2D eigenvalue weighted by Crippen LogP contribution is 2.22. The topological polar surface area (TPSA) is 88.2 Å². The van der Waals surface area contributed by atoms with Crippen LogP contribution in [0.5, 0.6) is 0 Å². The maximum Gasteiger partial charge on any atom is 0.244 e. The van der Waals surface area contributed by atoms with Crippen molar-refractivity contribution in [2.45, 2.75) is 33.0 Å². The van der Waals surface area contributed by atoms with Crippen molar-refractivity contribution in [2.75, 3.05) is 11.0 Å². The smallest absolute Gasteiger partial charge is 0.244 e. The van der Waals surface area contributed by atoms with Crippen molar-refractivity contribution in [3.8, 4) is 0 Å². The first-order chi connectivity index (χ1) is 14.0. The largest absolute Gasteiger partial charge is 0.348 e. The number of carbonyl (C=O) groups excluding carboxylic acids is 1. The van der Waals surface area contributed by atoms with Crippen molar-refractivity contribution >= 4 is 27.7 Å². The molecule has 30 heavy (non-hydrogen) atoms. The molecule has 1 heterocycles. The maximum absolute atomic E-state index is 14.0. The number of anilines is 1. The molecular weight excluding hydrogens is 419 g/mol. The molecule has 2 N–H and O–H groups in total. The summed E-state index contributed by atoms with van der Waals surface area (Å²) in [6.07, 6.45) is 3.54. The molecule has 0 bridgehead atoms. The maximum atomic E-state index is 14.0. The predicted octanol–water partition coefficient (Wildman–Crippen LogP) is 3.65. The number of hydrogen-bond acceptors (Lipinski definition) is 4. The van der Waals surface area contributed by atoms with Crippen LogP contribution < -0.4 is 10.0 Å². The van der Waals surface area contributed by atoms with Gasteiger partial charge >= 0.3 is 0 Å². The molecule has 0 saturated heterocycles. The van der Waals surface area contributed by atoms with E-state index < -0.39 is 39.9 Å². The number of sulfonamides is 1. The number of halogens is 3. The highest BCUT2D eigenvalue weighted by atomic mass is 32.2. The summed E-state index contributed by atoms with van der Waals surface area (Å²) in [5, 5.41) is 2.48. The lowest BCUT2D eigenvalue weighted by Gasteiger charge is -2.10. The van der Waals surface area contributed by atoms with Gasteiger partial charge in [0.05, 0.1) is 17.6 Å². The van der Waals surface area contributed by atoms with Crippen LogP contribution in [0.15, 0.2) is 30.3 Å². The van der Waals surface area contributed by atoms with E-state index in [4.69, 9.17) is 0 Å². The predicted molar refractivity (Wildman–Crippen MR) is 109 cm³/mol. The van der Waals surface area contributed by atoms with E-state index in [9.17, 15) is 26.4 Å². The summed E-state index contributed by atoms with van der Waals surface area (Å²) in [7, 11) is -3.84. The van der Waals surface area contributed by atoms with Gasteiger partial charge in [-0.25, -0.2) is 21.6 Å². The molecule has 2 rings (SSSR count). The Labute approximate surface area is 173 Å². The van der Waals surface area contributed by atoms with Gasteiger partial charge in [-0.3, -0.25) is 14.5 Å². The summed E-state index contributed by atoms with van der Waals surface area (Å²) in [6, 6.07) is 5.05. The number of pyridine rings is 1. The number of aromatic nitrogens is 1. The number of hydrogen-bond donors (Lipinski definition) is 2. The second kappa shape index (κ2) is 9.75. The summed E-state index contributed by atoms with van der Waals surface area (Å²) in [4.78, 5) is 16.3. The molecule has 2 aromatic rings. The van der Waals surface area contributed by atoms with Gasteiger partial charge in [0.1, 0.15) is 12.4 Å². The highest BCUT2D eigenvalue weighted by molar-refractivity contribution is 7.92. The fraction of sp³-hybridized carbons (Fsp3) is 0.300. The van der Waals surface area contributed by atoms with E-state index in [2.05, 4.69) is 10.3 Å². The number of carbonyl (C=O) groups is 1. The minimum Gasteiger partial charge on any atom is -0.348 e. The zero-order chi connectivity index (χ0) is 22.5. The average Bonchev–Trinajstić information content (AvgIpc) is 2.66. The number of benzene rings is 1. The Balaban J connectivity index is 2.08. The number of alkyl halides is 1. The van der Waals surface area contributed by atoms with Gasteiger partial charge < -0.3 is 5.32 Å². The van der Waals surface area contributed by atoms with Gasteiger partial charge in [-0.15, -0.1) is 0 Å². The molecular formula is C20H22F3N3O3S. The Kier molecular flexibility index (Phi) is 7.60. The molecule has 0 aliphatic rings. The minimum absolute atomic E-state index is 0.0178. The molecule has 0 fully saturated rings. The number of nitrogens with one attached hydrogen (secondary N) is 2. The molecule has 1 aromatic heterocycles. The standard InChI is InChI=1S/C20H22F3N3O3S/c1-12(2)19-14(4-6-15(10-21)25-19)5-7-18(27)24-11-13-8-16(22)20(17(23)9-13)26-30(3,28)29/h4-9,12,26H,10-11H2,1-3H3,(H,24,27)/b7-5+. The second-order valence-electron chi connectivity index (χ2n) is 6.93. The quantitative estimate of drug-likeness (QED) is 0.612. The van der Waals surface area contributed by atoms with Crippen LogP contribution in [0.3, 0.4) is 0 Å². The summed E-state index contributed by atoms with van der Waals surface area (Å²) in [5.41, 5.74) is 0.941. The number of amides is 1. The van der Waals surface area contributed by atoms with Crippen LogP contribution in [0.25, 0.3) is 6.08 Å². The molecule has 0 aliphatic heterocycles. The van der Waals surface area contributed by atoms with Crippen LogP contribution in [0.2, 0.25) is 0 Å². The van der Waals surface area contributed by atoms with Gasteiger partial charge in [0.15, 0.2) is 11.6 Å². The third-order valence-corrected chi connectivity index (χ3v) is 4.54. The third kappa shape index (κ3) is 6.58. The molecule has 1 amide bonds. The lowest BCUT2D eigenvalue weighted by Crippen LogP contribution is -2.21. The Morgan fingerprint density at radius 3 is 2.37 bits per heavy atom. The summed E-state index contributed by atoms with van der Waals surface area (Å²) < 4.78 is 64.9. The van der Waals surface area contributed by atoms with Gasteiger partial charge in [0.2, 0.25) is 15.9 Å². The number of rotatable bonds is 8. The molecule has 0 spiro atoms. The zero-order valence-electron chi connectivity index (χ0n) is 16.7. The number of nitrogens with zero attached hydrogens (tertiary/aromatic N) is 1. The van der Waals surface area contributed by atoms with E-state index in [1.54, 1.807) is 10.8 Å². The van der Waals surface area contributed by atoms with Crippen molar-refractivity contribution in [1.29, 1.82) is 0 Å². The Bertz CT molecular complexity index is 1050. The molecule has 0 saturated carbocycles. The van der Waals surface area contributed by atoms with Crippen LogP contribution in [-0.4, -0.2) is 25.6 Å². The molecule has 0 unspecified atom stereocenters. The SMILES string of the molecule is CC(C)c1nc(CF)ccc1/C=C/C(=O)NCc1cc(F)c(NS(C)(=O)=O)c(F)c1. The first-order valence-corrected chi connectivity index (χ1v) is 10.9. The van der Waals surface area contributed by atoms with E-state index in [-0.39, 0.29) is 18.0 Å². The monoisotopic (exact) mass is 441 g/mol. The van der Waals surface area contributed by atoms with Crippen LogP contribution in [0.1, 0.15) is 42.3 Å². The first kappa shape index (κ1) is 23.4. The van der Waals surface area contributed by atoms with Crippen molar-refractivity contribution in [3.63, 3.8) is 0 Å². The van der Waals surface area contributed by atoms with Crippen molar-refractivity contribution in [1.82, 2.24) is 10.3 Å². The molecule has 162 valence electrons. The van der Waals surface area contributed by atoms with E-state index in [1.165, 1.54) is 18.2 Å². The minimum atomic E-state index is -3.84. The van der Waals surface area contributed by atoms with E-state index in [0.717, 1.165) is 18.4 Å². The normalized spacial score (nSPS) is 11.8. The van der Waals surface area contributed by atoms with E-state index in [0.29, 0.717) is 17.0 Å². The Hall–Kier alpha value is -2.88. The second-order valence-corrected chi connectivity index (χ2v) is 8.67. The van der Waals surface area contributed by atoms with Gasteiger partial charge in [-0.05, 0) is 41.3 Å². The van der Waals surface area contributed by atoms with Gasteiger partial charge in [0.25, 0.3) is 0 Å². The van der Waals surface area contributed by atoms with Crippen LogP contribution >= 0.6 is 0 Å². The third-order valence-electron chi connectivity index (χ3n) is 3.97. The molecule has 1 aromatic carbocycles. The van der Waals surface area contributed by atoms with Gasteiger partial charge in [-0.1, -0.05) is 19.9 Å². The summed E-state index contributed by atoms with van der Waals surface area (Å²) in [5.74, 6) is -2.69. The Morgan fingerprint density at radius 2 is 1.83 bits per heavy atom. The highest BCUT2D eigenvalue weighted by Gasteiger charge is 2.15. The fourth-order valence-corrected chi connectivity index (χ4v) is 3.20. The van der Waals surface area contributed by atoms with Crippen LogP contribution in [0.4, 0.5) is 18.9 Å². The summed E-state index contributed by atoms with van der Waals surface area (Å²) in [6.45, 7) is 2.93. The fourth-order valence-electron chi connectivity index (χ4n) is 2.63. The summed E-state index contributed by atoms with van der Waals surface area (Å²) >= 11 is 0. The van der Waals surface area contributed by atoms with Crippen molar-refractivity contribution in [3.05, 3.63) is 64.5 Å². The van der Waals surface area contributed by atoms with Crippen LogP contribution in [0, 0.1) is 11.6 Å². The van der Waals surface area contributed by atoms with Gasteiger partial charge in [0, 0.05) is 12.6 Å². The molecule has 10 heteroatoms. The lowest BCUT2D eigenvalue weighted by atomic mass is 10.0. The van der Waals surface area contributed by atoms with E-state index >= 15 is 0 Å². The molecule has 0 atom stereocenters. The first-order valence-electron chi connectivity index (χ1n) is 8.97. The van der Waals surface area contributed by atoms with Crippen LogP contribution in [-0.2, 0) is 28.0 Å². The molecule has 0 aliphatic carbocycles. The average molecular weight is 441 g/mol.